The van der Waals surface area contributed by atoms with Crippen LogP contribution in [0.3, 0.4) is 0 Å². The molecule has 1 aliphatic rings. The SMILES string of the molecule is CC(=O)N1CCc2nc(C(C)C)nc(-c3ccc(F)cc3)c2C1. The number of carbonyl (C=O) groups is 1. The molecule has 0 N–H and O–H groups in total. The number of aromatic nitrogens is 2. The fourth-order valence-corrected chi connectivity index (χ4v) is 2.81. The second kappa shape index (κ2) is 6.07. The third-order valence-corrected chi connectivity index (χ3v) is 4.16. The fourth-order valence-electron chi connectivity index (χ4n) is 2.81. The number of fused-ring (bicyclic) bond motifs is 1. The molecule has 2 heterocycles. The van der Waals surface area contributed by atoms with Crippen LogP contribution in [-0.4, -0.2) is 27.3 Å². The molecule has 23 heavy (non-hydrogen) atoms. The van der Waals surface area contributed by atoms with Crippen LogP contribution in [0.4, 0.5) is 4.39 Å². The Labute approximate surface area is 135 Å². The lowest BCUT2D eigenvalue weighted by Gasteiger charge is -2.29. The van der Waals surface area contributed by atoms with E-state index in [1.807, 2.05) is 0 Å². The quantitative estimate of drug-likeness (QED) is 0.854. The Hall–Kier alpha value is -2.30. The van der Waals surface area contributed by atoms with E-state index in [2.05, 4.69) is 18.8 Å². The third-order valence-electron chi connectivity index (χ3n) is 4.16. The third kappa shape index (κ3) is 3.09. The minimum absolute atomic E-state index is 0.0497. The zero-order valence-electron chi connectivity index (χ0n) is 13.6. The molecule has 4 nitrogen and oxygen atoms in total. The first-order valence-electron chi connectivity index (χ1n) is 7.87. The van der Waals surface area contributed by atoms with Gasteiger partial charge in [0.1, 0.15) is 11.6 Å². The highest BCUT2D eigenvalue weighted by Crippen LogP contribution is 2.29. The number of nitrogens with zero attached hydrogens (tertiary/aromatic N) is 3. The van der Waals surface area contributed by atoms with E-state index >= 15 is 0 Å². The molecule has 120 valence electrons. The van der Waals surface area contributed by atoms with Crippen molar-refractivity contribution in [1.29, 1.82) is 0 Å². The molecule has 0 radical (unpaired) electrons. The van der Waals surface area contributed by atoms with Crippen molar-refractivity contribution in [3.8, 4) is 11.3 Å². The molecule has 0 bridgehead atoms. The van der Waals surface area contributed by atoms with E-state index in [0.717, 1.165) is 34.8 Å². The van der Waals surface area contributed by atoms with Gasteiger partial charge in [0.05, 0.1) is 11.4 Å². The van der Waals surface area contributed by atoms with Crippen molar-refractivity contribution in [2.75, 3.05) is 6.54 Å². The lowest BCUT2D eigenvalue weighted by Crippen LogP contribution is -2.35. The molecular weight excluding hydrogens is 293 g/mol. The number of rotatable bonds is 2. The van der Waals surface area contributed by atoms with Gasteiger partial charge in [-0.15, -0.1) is 0 Å². The van der Waals surface area contributed by atoms with Gasteiger partial charge in [0.25, 0.3) is 0 Å². The first kappa shape index (κ1) is 15.6. The predicted octanol–water partition coefficient (Wildman–Crippen LogP) is 3.31. The maximum Gasteiger partial charge on any atom is 0.219 e. The van der Waals surface area contributed by atoms with Crippen LogP contribution in [0.25, 0.3) is 11.3 Å². The minimum Gasteiger partial charge on any atom is -0.338 e. The molecule has 3 rings (SSSR count). The first-order chi connectivity index (χ1) is 11.0. The predicted molar refractivity (Wildman–Crippen MR) is 86.3 cm³/mol. The van der Waals surface area contributed by atoms with Crippen LogP contribution in [0.15, 0.2) is 24.3 Å². The van der Waals surface area contributed by atoms with E-state index in [1.54, 1.807) is 24.0 Å². The zero-order valence-corrected chi connectivity index (χ0v) is 13.6. The summed E-state index contributed by atoms with van der Waals surface area (Å²) in [5, 5.41) is 0. The van der Waals surface area contributed by atoms with E-state index in [9.17, 15) is 9.18 Å². The molecule has 1 aromatic heterocycles. The molecule has 1 aliphatic heterocycles. The summed E-state index contributed by atoms with van der Waals surface area (Å²) in [6.45, 7) is 6.88. The van der Waals surface area contributed by atoms with Crippen LogP contribution in [0.5, 0.6) is 0 Å². The Kier molecular flexibility index (Phi) is 4.11. The summed E-state index contributed by atoms with van der Waals surface area (Å²) in [4.78, 5) is 22.9. The molecule has 5 heteroatoms. The van der Waals surface area contributed by atoms with Crippen molar-refractivity contribution in [1.82, 2.24) is 14.9 Å². The summed E-state index contributed by atoms with van der Waals surface area (Å²) in [5.41, 5.74) is 3.64. The summed E-state index contributed by atoms with van der Waals surface area (Å²) in [7, 11) is 0. The van der Waals surface area contributed by atoms with Crippen LogP contribution >= 0.6 is 0 Å². The van der Waals surface area contributed by atoms with Gasteiger partial charge in [-0.2, -0.15) is 0 Å². The van der Waals surface area contributed by atoms with Crippen LogP contribution < -0.4 is 0 Å². The fraction of sp³-hybridized carbons (Fsp3) is 0.389. The van der Waals surface area contributed by atoms with Crippen molar-refractivity contribution in [2.24, 2.45) is 0 Å². The van der Waals surface area contributed by atoms with Gasteiger partial charge in [-0.05, 0) is 24.3 Å². The van der Waals surface area contributed by atoms with Crippen molar-refractivity contribution < 1.29 is 9.18 Å². The molecule has 0 fully saturated rings. The Balaban J connectivity index is 2.14. The molecule has 0 saturated carbocycles. The van der Waals surface area contributed by atoms with Gasteiger partial charge in [-0.3, -0.25) is 4.79 Å². The lowest BCUT2D eigenvalue weighted by molar-refractivity contribution is -0.129. The summed E-state index contributed by atoms with van der Waals surface area (Å²) >= 11 is 0. The molecule has 1 aromatic carbocycles. The second-order valence-electron chi connectivity index (χ2n) is 6.21. The Bertz CT molecular complexity index is 741. The standard InChI is InChI=1S/C18H20FN3O/c1-11(2)18-20-16-8-9-22(12(3)23)10-15(16)17(21-18)13-4-6-14(19)7-5-13/h4-7,11H,8-10H2,1-3H3. The maximum atomic E-state index is 13.2. The molecule has 1 amide bonds. The topological polar surface area (TPSA) is 46.1 Å². The molecular formula is C18H20FN3O. The summed E-state index contributed by atoms with van der Waals surface area (Å²) in [6.07, 6.45) is 0.728. The lowest BCUT2D eigenvalue weighted by atomic mass is 9.98. The Morgan fingerprint density at radius 3 is 2.52 bits per heavy atom. The van der Waals surface area contributed by atoms with Crippen LogP contribution in [0, 0.1) is 5.82 Å². The highest BCUT2D eigenvalue weighted by atomic mass is 19.1. The van der Waals surface area contributed by atoms with Crippen molar-refractivity contribution >= 4 is 5.91 Å². The van der Waals surface area contributed by atoms with Crippen molar-refractivity contribution in [3.63, 3.8) is 0 Å². The monoisotopic (exact) mass is 313 g/mol. The molecule has 0 unspecified atom stereocenters. The van der Waals surface area contributed by atoms with Crippen molar-refractivity contribution in [3.05, 3.63) is 47.2 Å². The van der Waals surface area contributed by atoms with Gasteiger partial charge in [-0.25, -0.2) is 14.4 Å². The normalized spacial score (nSPS) is 14.0. The highest BCUT2D eigenvalue weighted by molar-refractivity contribution is 5.74. The number of benzene rings is 1. The average molecular weight is 313 g/mol. The van der Waals surface area contributed by atoms with Gasteiger partial charge >= 0.3 is 0 Å². The number of halogens is 1. The number of amides is 1. The van der Waals surface area contributed by atoms with Crippen LogP contribution in [0.2, 0.25) is 0 Å². The Morgan fingerprint density at radius 1 is 1.22 bits per heavy atom. The number of hydrogen-bond donors (Lipinski definition) is 0. The van der Waals surface area contributed by atoms with Gasteiger partial charge in [0, 0.05) is 43.5 Å². The number of hydrogen-bond acceptors (Lipinski definition) is 3. The first-order valence-corrected chi connectivity index (χ1v) is 7.87. The Morgan fingerprint density at radius 2 is 1.91 bits per heavy atom. The highest BCUT2D eigenvalue weighted by Gasteiger charge is 2.25. The van der Waals surface area contributed by atoms with Crippen molar-refractivity contribution in [2.45, 2.75) is 39.7 Å². The van der Waals surface area contributed by atoms with Gasteiger partial charge in [0.2, 0.25) is 5.91 Å². The smallest absolute Gasteiger partial charge is 0.219 e. The van der Waals surface area contributed by atoms with Gasteiger partial charge in [0.15, 0.2) is 0 Å². The summed E-state index contributed by atoms with van der Waals surface area (Å²) in [6, 6.07) is 6.33. The maximum absolute atomic E-state index is 13.2. The average Bonchev–Trinajstić information content (AvgIpc) is 2.54. The molecule has 0 aliphatic carbocycles. The summed E-state index contributed by atoms with van der Waals surface area (Å²) in [5.74, 6) is 0.782. The molecule has 2 aromatic rings. The molecule has 0 spiro atoms. The van der Waals surface area contributed by atoms with E-state index in [4.69, 9.17) is 4.98 Å². The number of carbonyl (C=O) groups excluding carboxylic acids is 1. The molecule has 0 saturated heterocycles. The zero-order chi connectivity index (χ0) is 16.6. The van der Waals surface area contributed by atoms with E-state index in [1.165, 1.54) is 12.1 Å². The van der Waals surface area contributed by atoms with Gasteiger partial charge < -0.3 is 4.90 Å². The summed E-state index contributed by atoms with van der Waals surface area (Å²) < 4.78 is 13.2. The van der Waals surface area contributed by atoms with E-state index in [0.29, 0.717) is 13.1 Å². The van der Waals surface area contributed by atoms with Crippen LogP contribution in [0.1, 0.15) is 43.8 Å². The van der Waals surface area contributed by atoms with E-state index < -0.39 is 0 Å². The second-order valence-corrected chi connectivity index (χ2v) is 6.21. The van der Waals surface area contributed by atoms with Crippen LogP contribution in [-0.2, 0) is 17.8 Å². The molecule has 0 atom stereocenters. The van der Waals surface area contributed by atoms with Gasteiger partial charge in [-0.1, -0.05) is 13.8 Å². The van der Waals surface area contributed by atoms with E-state index in [-0.39, 0.29) is 17.6 Å². The largest absolute Gasteiger partial charge is 0.338 e. The minimum atomic E-state index is -0.272.